The second-order valence-electron chi connectivity index (χ2n) is 3.34. The lowest BCUT2D eigenvalue weighted by Crippen LogP contribution is -1.76. The number of carbonyl (C=O) groups is 2. The molecule has 0 atom stereocenters. The van der Waals surface area contributed by atoms with Crippen LogP contribution in [0.25, 0.3) is 0 Å². The number of hydrogen-bond donors (Lipinski definition) is 0. The van der Waals surface area contributed by atoms with Crippen LogP contribution in [0, 0.1) is 7.14 Å². The monoisotopic (exact) mass is 464 g/mol. The highest BCUT2D eigenvalue weighted by atomic mass is 127. The van der Waals surface area contributed by atoms with Gasteiger partial charge in [-0.25, -0.2) is 0 Å². The van der Waals surface area contributed by atoms with Gasteiger partial charge < -0.3 is 0 Å². The van der Waals surface area contributed by atoms with Crippen molar-refractivity contribution in [1.29, 1.82) is 0 Å². The lowest BCUT2D eigenvalue weighted by molar-refractivity contribution is 0.111. The van der Waals surface area contributed by atoms with Crippen LogP contribution in [-0.2, 0) is 0 Å². The zero-order chi connectivity index (χ0) is 13.4. The van der Waals surface area contributed by atoms with Crippen molar-refractivity contribution in [3.63, 3.8) is 0 Å². The summed E-state index contributed by atoms with van der Waals surface area (Å²) < 4.78 is 2.30. The highest BCUT2D eigenvalue weighted by Crippen LogP contribution is 2.04. The average molecular weight is 464 g/mol. The molecule has 2 nitrogen and oxygen atoms in total. The normalized spacial score (nSPS) is 9.00. The van der Waals surface area contributed by atoms with Gasteiger partial charge in [0.25, 0.3) is 0 Å². The Morgan fingerprint density at radius 3 is 1.11 bits per heavy atom. The molecule has 0 aliphatic rings. The molecule has 2 aromatic rings. The quantitative estimate of drug-likeness (QED) is 0.494. The van der Waals surface area contributed by atoms with Crippen molar-refractivity contribution in [3.05, 3.63) is 66.8 Å². The Morgan fingerprint density at radius 2 is 0.889 bits per heavy atom. The minimum atomic E-state index is 0.732. The first-order valence-electron chi connectivity index (χ1n) is 5.07. The van der Waals surface area contributed by atoms with Gasteiger partial charge in [-0.1, -0.05) is 24.3 Å². The molecular weight excluding hydrogens is 454 g/mol. The molecule has 2 rings (SSSR count). The topological polar surface area (TPSA) is 34.1 Å². The van der Waals surface area contributed by atoms with Crippen molar-refractivity contribution in [2.75, 3.05) is 0 Å². The van der Waals surface area contributed by atoms with Crippen LogP contribution in [0.2, 0.25) is 0 Å². The van der Waals surface area contributed by atoms with Gasteiger partial charge in [0, 0.05) is 18.3 Å². The number of benzene rings is 2. The lowest BCUT2D eigenvalue weighted by atomic mass is 10.2. The van der Waals surface area contributed by atoms with E-state index in [-0.39, 0.29) is 0 Å². The summed E-state index contributed by atoms with van der Waals surface area (Å²) in [5, 5.41) is 0. The minimum absolute atomic E-state index is 0.732. The molecule has 4 heteroatoms. The van der Waals surface area contributed by atoms with Crippen LogP contribution in [0.3, 0.4) is 0 Å². The fourth-order valence-corrected chi connectivity index (χ4v) is 1.80. The summed E-state index contributed by atoms with van der Waals surface area (Å²) in [6, 6.07) is 14.8. The van der Waals surface area contributed by atoms with E-state index in [0.29, 0.717) is 0 Å². The molecule has 0 N–H and O–H groups in total. The smallest absolute Gasteiger partial charge is 0.150 e. The minimum Gasteiger partial charge on any atom is -0.298 e. The van der Waals surface area contributed by atoms with Crippen LogP contribution in [-0.4, -0.2) is 12.6 Å². The van der Waals surface area contributed by atoms with E-state index in [2.05, 4.69) is 45.2 Å². The molecule has 0 heterocycles. The van der Waals surface area contributed by atoms with E-state index in [4.69, 9.17) is 0 Å². The van der Waals surface area contributed by atoms with Crippen LogP contribution in [0.5, 0.6) is 0 Å². The van der Waals surface area contributed by atoms with Crippen LogP contribution in [0.15, 0.2) is 48.5 Å². The van der Waals surface area contributed by atoms with E-state index in [0.717, 1.165) is 30.8 Å². The fraction of sp³-hybridized carbons (Fsp3) is 0. The van der Waals surface area contributed by atoms with Gasteiger partial charge in [0.05, 0.1) is 0 Å². The first-order valence-corrected chi connectivity index (χ1v) is 7.23. The number of hydrogen-bond acceptors (Lipinski definition) is 2. The van der Waals surface area contributed by atoms with Crippen molar-refractivity contribution in [1.82, 2.24) is 0 Å². The summed E-state index contributed by atoms with van der Waals surface area (Å²) in [7, 11) is 0. The summed E-state index contributed by atoms with van der Waals surface area (Å²) in [6.45, 7) is 0. The molecule has 0 saturated heterocycles. The Bertz CT molecular complexity index is 455. The van der Waals surface area contributed by atoms with E-state index in [1.807, 2.05) is 24.3 Å². The van der Waals surface area contributed by atoms with E-state index < -0.39 is 0 Å². The van der Waals surface area contributed by atoms with Gasteiger partial charge in [0.1, 0.15) is 12.6 Å². The first kappa shape index (κ1) is 15.3. The van der Waals surface area contributed by atoms with Crippen LogP contribution < -0.4 is 0 Å². The van der Waals surface area contributed by atoms with Gasteiger partial charge in [-0.05, 0) is 69.4 Å². The van der Waals surface area contributed by atoms with Gasteiger partial charge in [-0.15, -0.1) is 0 Å². The molecule has 2 aromatic carbocycles. The number of aldehydes is 2. The second-order valence-corrected chi connectivity index (χ2v) is 5.83. The van der Waals surface area contributed by atoms with Crippen LogP contribution >= 0.6 is 45.2 Å². The van der Waals surface area contributed by atoms with E-state index >= 15 is 0 Å². The largest absolute Gasteiger partial charge is 0.298 e. The van der Waals surface area contributed by atoms with E-state index in [1.165, 1.54) is 0 Å². The molecule has 0 radical (unpaired) electrons. The molecule has 0 aliphatic carbocycles. The van der Waals surface area contributed by atoms with Crippen molar-refractivity contribution in [2.24, 2.45) is 0 Å². The Kier molecular flexibility index (Phi) is 7.11. The zero-order valence-electron chi connectivity index (χ0n) is 9.35. The summed E-state index contributed by atoms with van der Waals surface area (Å²) >= 11 is 4.39. The van der Waals surface area contributed by atoms with Gasteiger partial charge >= 0.3 is 0 Å². The Labute approximate surface area is 133 Å². The van der Waals surface area contributed by atoms with Gasteiger partial charge in [-0.2, -0.15) is 0 Å². The molecule has 0 aliphatic heterocycles. The molecule has 0 amide bonds. The Hall–Kier alpha value is -0.760. The Balaban J connectivity index is 0.000000180. The third-order valence-corrected chi connectivity index (χ3v) is 3.45. The van der Waals surface area contributed by atoms with Gasteiger partial charge in [0.15, 0.2) is 0 Å². The van der Waals surface area contributed by atoms with Crippen molar-refractivity contribution in [2.45, 2.75) is 0 Å². The highest BCUT2D eigenvalue weighted by Gasteiger charge is 1.87. The predicted octanol–water partition coefficient (Wildman–Crippen LogP) is 4.21. The number of rotatable bonds is 2. The molecule has 0 bridgehead atoms. The first-order chi connectivity index (χ1) is 8.65. The molecule has 18 heavy (non-hydrogen) atoms. The number of halogens is 2. The maximum atomic E-state index is 10.1. The van der Waals surface area contributed by atoms with Gasteiger partial charge in [0.2, 0.25) is 0 Å². The molecule has 0 fully saturated rings. The fourth-order valence-electron chi connectivity index (χ4n) is 1.08. The van der Waals surface area contributed by atoms with Crippen molar-refractivity contribution < 1.29 is 9.59 Å². The summed E-state index contributed by atoms with van der Waals surface area (Å²) in [4.78, 5) is 20.2. The average Bonchev–Trinajstić information content (AvgIpc) is 2.41. The number of carbonyl (C=O) groups excluding carboxylic acids is 2. The second kappa shape index (κ2) is 8.36. The van der Waals surface area contributed by atoms with Crippen LogP contribution in [0.4, 0.5) is 0 Å². The third kappa shape index (κ3) is 5.72. The maximum Gasteiger partial charge on any atom is 0.150 e. The van der Waals surface area contributed by atoms with E-state index in [9.17, 15) is 9.59 Å². The van der Waals surface area contributed by atoms with Crippen molar-refractivity contribution in [3.8, 4) is 0 Å². The molecule has 0 spiro atoms. The summed E-state index contributed by atoms with van der Waals surface area (Å²) in [6.07, 6.45) is 1.69. The Morgan fingerprint density at radius 1 is 0.611 bits per heavy atom. The highest BCUT2D eigenvalue weighted by molar-refractivity contribution is 14.1. The zero-order valence-corrected chi connectivity index (χ0v) is 13.7. The molecule has 0 saturated carbocycles. The maximum absolute atomic E-state index is 10.1. The molecule has 92 valence electrons. The molecular formula is C14H10I2O2. The van der Waals surface area contributed by atoms with Crippen LogP contribution in [0.1, 0.15) is 20.7 Å². The van der Waals surface area contributed by atoms with Gasteiger partial charge in [-0.3, -0.25) is 9.59 Å². The van der Waals surface area contributed by atoms with E-state index in [1.54, 1.807) is 24.3 Å². The standard InChI is InChI=1S/2C7H5IO/c2*8-7-3-1-6(5-9)2-4-7/h2*1-5H. The van der Waals surface area contributed by atoms with Crippen molar-refractivity contribution >= 4 is 57.8 Å². The molecule has 0 unspecified atom stereocenters. The molecule has 0 aromatic heterocycles. The summed E-state index contributed by atoms with van der Waals surface area (Å²) in [5.74, 6) is 0. The predicted molar refractivity (Wildman–Crippen MR) is 89.1 cm³/mol. The summed E-state index contributed by atoms with van der Waals surface area (Å²) in [5.41, 5.74) is 1.46. The SMILES string of the molecule is O=Cc1ccc(I)cc1.O=Cc1ccc(I)cc1. The lowest BCUT2D eigenvalue weighted by Gasteiger charge is -1.87. The third-order valence-electron chi connectivity index (χ3n) is 2.01.